The monoisotopic (exact) mass is 283 g/mol. The van der Waals surface area contributed by atoms with E-state index in [4.69, 9.17) is 0 Å². The van der Waals surface area contributed by atoms with Gasteiger partial charge in [-0.25, -0.2) is 0 Å². The maximum Gasteiger partial charge on any atom is 0.416 e. The van der Waals surface area contributed by atoms with Crippen molar-refractivity contribution in [2.75, 3.05) is 5.32 Å². The Morgan fingerprint density at radius 2 is 1.95 bits per heavy atom. The van der Waals surface area contributed by atoms with Gasteiger partial charge in [0.05, 0.1) is 11.3 Å². The Morgan fingerprint density at radius 3 is 2.50 bits per heavy atom. The van der Waals surface area contributed by atoms with E-state index in [-0.39, 0.29) is 0 Å². The number of anilines is 1. The predicted octanol–water partition coefficient (Wildman–Crippen LogP) is 3.67. The molecule has 0 amide bonds. The van der Waals surface area contributed by atoms with Crippen molar-refractivity contribution in [3.8, 4) is 0 Å². The Kier molecular flexibility index (Phi) is 3.74. The summed E-state index contributed by atoms with van der Waals surface area (Å²) in [5, 5.41) is 7.29. The highest BCUT2D eigenvalue weighted by Crippen LogP contribution is 2.30. The number of rotatable bonds is 3. The van der Waals surface area contributed by atoms with Crippen molar-refractivity contribution in [1.82, 2.24) is 9.78 Å². The minimum Gasteiger partial charge on any atom is -0.381 e. The quantitative estimate of drug-likeness (QED) is 0.931. The van der Waals surface area contributed by atoms with Crippen LogP contribution in [0, 0.1) is 13.8 Å². The fourth-order valence-electron chi connectivity index (χ4n) is 2.07. The van der Waals surface area contributed by atoms with Crippen molar-refractivity contribution in [3.63, 3.8) is 0 Å². The molecule has 0 saturated carbocycles. The molecular formula is C14H16F3N3. The number of hydrogen-bond donors (Lipinski definition) is 1. The van der Waals surface area contributed by atoms with Crippen LogP contribution in [0.1, 0.15) is 22.5 Å². The molecule has 2 aromatic rings. The summed E-state index contributed by atoms with van der Waals surface area (Å²) < 4.78 is 39.6. The van der Waals surface area contributed by atoms with E-state index in [1.54, 1.807) is 10.7 Å². The second-order valence-corrected chi connectivity index (χ2v) is 4.71. The molecule has 0 spiro atoms. The van der Waals surface area contributed by atoms with Crippen LogP contribution in [0.5, 0.6) is 0 Å². The topological polar surface area (TPSA) is 29.9 Å². The van der Waals surface area contributed by atoms with Crippen LogP contribution >= 0.6 is 0 Å². The highest BCUT2D eigenvalue weighted by atomic mass is 19.4. The Labute approximate surface area is 115 Å². The predicted molar refractivity (Wildman–Crippen MR) is 71.5 cm³/mol. The van der Waals surface area contributed by atoms with Crippen molar-refractivity contribution in [3.05, 3.63) is 46.8 Å². The Morgan fingerprint density at radius 1 is 1.25 bits per heavy atom. The Hall–Kier alpha value is -1.98. The van der Waals surface area contributed by atoms with Crippen LogP contribution in [0.2, 0.25) is 0 Å². The highest BCUT2D eigenvalue weighted by molar-refractivity contribution is 5.47. The summed E-state index contributed by atoms with van der Waals surface area (Å²) in [6.07, 6.45) is -4.32. The van der Waals surface area contributed by atoms with Crippen molar-refractivity contribution in [2.45, 2.75) is 26.6 Å². The summed E-state index contributed by atoms with van der Waals surface area (Å²) >= 11 is 0. The lowest BCUT2D eigenvalue weighted by Gasteiger charge is -2.11. The van der Waals surface area contributed by atoms with Crippen LogP contribution < -0.4 is 5.32 Å². The van der Waals surface area contributed by atoms with Gasteiger partial charge in [-0.3, -0.25) is 4.68 Å². The average molecular weight is 283 g/mol. The van der Waals surface area contributed by atoms with E-state index in [1.165, 1.54) is 6.07 Å². The molecule has 0 unspecified atom stereocenters. The van der Waals surface area contributed by atoms with E-state index < -0.39 is 11.7 Å². The van der Waals surface area contributed by atoms with Gasteiger partial charge < -0.3 is 5.32 Å². The molecule has 0 aliphatic rings. The van der Waals surface area contributed by atoms with E-state index >= 15 is 0 Å². The van der Waals surface area contributed by atoms with Crippen molar-refractivity contribution in [1.29, 1.82) is 0 Å². The molecule has 0 aliphatic carbocycles. The molecule has 108 valence electrons. The lowest BCUT2D eigenvalue weighted by atomic mass is 10.1. The zero-order valence-corrected chi connectivity index (χ0v) is 11.5. The first-order chi connectivity index (χ1) is 9.29. The van der Waals surface area contributed by atoms with Gasteiger partial charge in [0.25, 0.3) is 0 Å². The molecule has 1 heterocycles. The second kappa shape index (κ2) is 5.19. The first-order valence-electron chi connectivity index (χ1n) is 6.19. The van der Waals surface area contributed by atoms with E-state index in [1.807, 2.05) is 20.9 Å². The van der Waals surface area contributed by atoms with Gasteiger partial charge in [-0.2, -0.15) is 18.3 Å². The van der Waals surface area contributed by atoms with Gasteiger partial charge in [0, 0.05) is 30.5 Å². The van der Waals surface area contributed by atoms with E-state index in [9.17, 15) is 13.2 Å². The molecule has 2 rings (SSSR count). The van der Waals surface area contributed by atoms with Crippen LogP contribution in [0.15, 0.2) is 24.3 Å². The number of alkyl halides is 3. The average Bonchev–Trinajstić information content (AvgIpc) is 2.61. The standard InChI is InChI=1S/C14H16F3N3/c1-9-13(10(2)20(3)19-9)8-18-12-6-4-5-11(7-12)14(15,16)17/h4-7,18H,8H2,1-3H3. The van der Waals surface area contributed by atoms with Gasteiger partial charge in [-0.05, 0) is 32.0 Å². The zero-order chi connectivity index (χ0) is 14.9. The van der Waals surface area contributed by atoms with E-state index in [2.05, 4.69) is 10.4 Å². The van der Waals surface area contributed by atoms with Gasteiger partial charge in [-0.15, -0.1) is 0 Å². The van der Waals surface area contributed by atoms with Crippen LogP contribution in [-0.4, -0.2) is 9.78 Å². The van der Waals surface area contributed by atoms with Gasteiger partial charge >= 0.3 is 6.18 Å². The molecular weight excluding hydrogens is 267 g/mol. The first kappa shape index (κ1) is 14.4. The minimum absolute atomic E-state index is 0.447. The molecule has 1 aromatic carbocycles. The zero-order valence-electron chi connectivity index (χ0n) is 11.5. The summed E-state index contributed by atoms with van der Waals surface area (Å²) in [5.41, 5.74) is 2.68. The number of aryl methyl sites for hydroxylation is 2. The number of aromatic nitrogens is 2. The summed E-state index contributed by atoms with van der Waals surface area (Å²) in [6, 6.07) is 5.19. The van der Waals surface area contributed by atoms with Crippen molar-refractivity contribution >= 4 is 5.69 Å². The highest BCUT2D eigenvalue weighted by Gasteiger charge is 2.30. The molecule has 0 atom stereocenters. The largest absolute Gasteiger partial charge is 0.416 e. The number of nitrogens with one attached hydrogen (secondary N) is 1. The third-order valence-corrected chi connectivity index (χ3v) is 3.32. The summed E-state index contributed by atoms with van der Waals surface area (Å²) in [4.78, 5) is 0. The van der Waals surface area contributed by atoms with Gasteiger partial charge in [0.1, 0.15) is 0 Å². The molecule has 0 aliphatic heterocycles. The van der Waals surface area contributed by atoms with Crippen LogP contribution in [0.3, 0.4) is 0 Å². The number of benzene rings is 1. The molecule has 0 saturated heterocycles. The molecule has 1 N–H and O–H groups in total. The summed E-state index contributed by atoms with van der Waals surface area (Å²) in [7, 11) is 1.84. The SMILES string of the molecule is Cc1nn(C)c(C)c1CNc1cccc(C(F)(F)F)c1. The Bertz CT molecular complexity index is 615. The van der Waals surface area contributed by atoms with Gasteiger partial charge in [0.15, 0.2) is 0 Å². The number of nitrogens with zero attached hydrogens (tertiary/aromatic N) is 2. The maximum atomic E-state index is 12.6. The molecule has 0 bridgehead atoms. The third-order valence-electron chi connectivity index (χ3n) is 3.32. The molecule has 6 heteroatoms. The van der Waals surface area contributed by atoms with Gasteiger partial charge in [0.2, 0.25) is 0 Å². The first-order valence-corrected chi connectivity index (χ1v) is 6.19. The van der Waals surface area contributed by atoms with E-state index in [0.29, 0.717) is 12.2 Å². The normalized spacial score (nSPS) is 11.7. The minimum atomic E-state index is -4.32. The smallest absolute Gasteiger partial charge is 0.381 e. The van der Waals surface area contributed by atoms with Crippen molar-refractivity contribution < 1.29 is 13.2 Å². The lowest BCUT2D eigenvalue weighted by Crippen LogP contribution is -2.07. The number of hydrogen-bond acceptors (Lipinski definition) is 2. The van der Waals surface area contributed by atoms with Crippen LogP contribution in [0.25, 0.3) is 0 Å². The second-order valence-electron chi connectivity index (χ2n) is 4.71. The lowest BCUT2D eigenvalue weighted by molar-refractivity contribution is -0.137. The third kappa shape index (κ3) is 2.95. The van der Waals surface area contributed by atoms with Crippen LogP contribution in [-0.2, 0) is 19.8 Å². The van der Waals surface area contributed by atoms with Crippen molar-refractivity contribution in [2.24, 2.45) is 7.05 Å². The fourth-order valence-corrected chi connectivity index (χ4v) is 2.07. The number of halogens is 3. The molecule has 0 fully saturated rings. The van der Waals surface area contributed by atoms with Gasteiger partial charge in [-0.1, -0.05) is 6.07 Å². The molecule has 20 heavy (non-hydrogen) atoms. The molecule has 0 radical (unpaired) electrons. The Balaban J connectivity index is 2.15. The summed E-state index contributed by atoms with van der Waals surface area (Å²) in [5.74, 6) is 0. The van der Waals surface area contributed by atoms with E-state index in [0.717, 1.165) is 29.1 Å². The maximum absolute atomic E-state index is 12.6. The fraction of sp³-hybridized carbons (Fsp3) is 0.357. The van der Waals surface area contributed by atoms with Crippen LogP contribution in [0.4, 0.5) is 18.9 Å². The summed E-state index contributed by atoms with van der Waals surface area (Å²) in [6.45, 7) is 4.27. The molecule has 1 aromatic heterocycles. The molecule has 3 nitrogen and oxygen atoms in total.